The van der Waals surface area contributed by atoms with E-state index in [1.54, 1.807) is 0 Å². The topological polar surface area (TPSA) is 58.8 Å². The molecule has 0 spiro atoms. The minimum Gasteiger partial charge on any atom is -0.378 e. The predicted octanol–water partition coefficient (Wildman–Crippen LogP) is 1.09. The Morgan fingerprint density at radius 1 is 1.32 bits per heavy atom. The molecule has 1 atom stereocenters. The number of carbonyl (C=O) groups is 1. The molecule has 1 aromatic rings. The third-order valence-electron chi connectivity index (χ3n) is 4.63. The number of piperazine rings is 1. The molecule has 2 fully saturated rings. The summed E-state index contributed by atoms with van der Waals surface area (Å²) in [5.74, 6) is -0.467. The van der Waals surface area contributed by atoms with Crippen LogP contribution in [0.2, 0.25) is 0 Å². The van der Waals surface area contributed by atoms with Crippen LogP contribution in [0.25, 0.3) is 5.57 Å². The molecule has 1 aromatic carbocycles. The molecule has 0 saturated carbocycles. The number of anilines is 1. The van der Waals surface area contributed by atoms with Crippen LogP contribution in [0.4, 0.5) is 5.69 Å². The number of ether oxygens (including phenoxy) is 1. The molecule has 2 saturated heterocycles. The normalized spacial score (nSPS) is 23.1. The molecule has 0 radical (unpaired) electrons. The molecule has 118 valence electrons. The van der Waals surface area contributed by atoms with Crippen molar-refractivity contribution in [1.82, 2.24) is 4.90 Å². The molecule has 1 amide bonds. The second-order valence-electron chi connectivity index (χ2n) is 6.09. The van der Waals surface area contributed by atoms with Gasteiger partial charge in [0.1, 0.15) is 0 Å². The van der Waals surface area contributed by atoms with Crippen LogP contribution in [0.3, 0.4) is 0 Å². The Balaban J connectivity index is 1.80. The Morgan fingerprint density at radius 3 is 2.64 bits per heavy atom. The zero-order valence-corrected chi connectivity index (χ0v) is 13.0. The summed E-state index contributed by atoms with van der Waals surface area (Å²) in [6, 6.07) is 8.81. The summed E-state index contributed by atoms with van der Waals surface area (Å²) in [7, 11) is 0. The summed E-state index contributed by atoms with van der Waals surface area (Å²) in [5, 5.41) is 0. The highest BCUT2D eigenvalue weighted by molar-refractivity contribution is 6.19. The lowest BCUT2D eigenvalue weighted by atomic mass is 10.0. The van der Waals surface area contributed by atoms with Gasteiger partial charge in [0.25, 0.3) is 0 Å². The van der Waals surface area contributed by atoms with E-state index in [1.807, 2.05) is 24.3 Å². The lowest BCUT2D eigenvalue weighted by molar-refractivity contribution is -0.112. The molecule has 2 N–H and O–H groups in total. The number of primary amides is 1. The van der Waals surface area contributed by atoms with E-state index in [-0.39, 0.29) is 0 Å². The van der Waals surface area contributed by atoms with Crippen molar-refractivity contribution in [2.75, 3.05) is 37.7 Å². The Kier molecular flexibility index (Phi) is 4.18. The SMILES string of the molecule is C=C(C(N)=O)c1ccccc1N1CCN(C2COC2)C[C@@H]1C. The largest absolute Gasteiger partial charge is 0.378 e. The quantitative estimate of drug-likeness (QED) is 0.846. The first-order valence-electron chi connectivity index (χ1n) is 7.74. The minimum atomic E-state index is -0.467. The average Bonchev–Trinajstić information content (AvgIpc) is 2.45. The number of nitrogens with zero attached hydrogens (tertiary/aromatic N) is 2. The fourth-order valence-corrected chi connectivity index (χ4v) is 3.22. The predicted molar refractivity (Wildman–Crippen MR) is 87.7 cm³/mol. The minimum absolute atomic E-state index is 0.371. The Hall–Kier alpha value is -1.85. The first kappa shape index (κ1) is 15.1. The molecule has 0 aliphatic carbocycles. The van der Waals surface area contributed by atoms with Crippen LogP contribution in [-0.2, 0) is 9.53 Å². The van der Waals surface area contributed by atoms with Crippen LogP contribution in [0.15, 0.2) is 30.8 Å². The molecule has 0 bridgehead atoms. The molecule has 5 heteroatoms. The number of rotatable bonds is 4. The van der Waals surface area contributed by atoms with E-state index in [2.05, 4.69) is 23.3 Å². The van der Waals surface area contributed by atoms with Crippen molar-refractivity contribution < 1.29 is 9.53 Å². The third-order valence-corrected chi connectivity index (χ3v) is 4.63. The maximum atomic E-state index is 11.5. The number of amides is 1. The van der Waals surface area contributed by atoms with E-state index in [9.17, 15) is 4.79 Å². The molecule has 2 heterocycles. The van der Waals surface area contributed by atoms with E-state index >= 15 is 0 Å². The first-order chi connectivity index (χ1) is 10.6. The van der Waals surface area contributed by atoms with Gasteiger partial charge in [0.05, 0.1) is 19.3 Å². The van der Waals surface area contributed by atoms with Gasteiger partial charge in [0.15, 0.2) is 0 Å². The second-order valence-corrected chi connectivity index (χ2v) is 6.09. The monoisotopic (exact) mass is 301 g/mol. The molecule has 5 nitrogen and oxygen atoms in total. The Morgan fingerprint density at radius 2 is 2.05 bits per heavy atom. The number of nitrogens with two attached hydrogens (primary N) is 1. The maximum Gasteiger partial charge on any atom is 0.248 e. The van der Waals surface area contributed by atoms with Crippen LogP contribution in [-0.4, -0.2) is 55.7 Å². The van der Waals surface area contributed by atoms with Gasteiger partial charge in [0, 0.05) is 42.5 Å². The van der Waals surface area contributed by atoms with Crippen LogP contribution < -0.4 is 10.6 Å². The standard InChI is InChI=1S/C17H23N3O2/c1-12-9-19(14-10-22-11-14)7-8-20(12)16-6-4-3-5-15(16)13(2)17(18)21/h3-6,12,14H,2,7-11H2,1H3,(H2,18,21)/t12-/m0/s1. The third kappa shape index (κ3) is 2.74. The van der Waals surface area contributed by atoms with Gasteiger partial charge in [-0.2, -0.15) is 0 Å². The van der Waals surface area contributed by atoms with Crippen LogP contribution in [0.5, 0.6) is 0 Å². The lowest BCUT2D eigenvalue weighted by Crippen LogP contribution is -2.59. The molecule has 22 heavy (non-hydrogen) atoms. The molecule has 0 aromatic heterocycles. The van der Waals surface area contributed by atoms with Gasteiger partial charge in [0.2, 0.25) is 5.91 Å². The highest BCUT2D eigenvalue weighted by atomic mass is 16.5. The fraction of sp³-hybridized carbons (Fsp3) is 0.471. The summed E-state index contributed by atoms with van der Waals surface area (Å²) in [4.78, 5) is 16.3. The van der Waals surface area contributed by atoms with Crippen molar-refractivity contribution in [2.45, 2.75) is 19.0 Å². The van der Waals surface area contributed by atoms with E-state index in [0.717, 1.165) is 44.1 Å². The van der Waals surface area contributed by atoms with Crippen LogP contribution in [0.1, 0.15) is 12.5 Å². The summed E-state index contributed by atoms with van der Waals surface area (Å²) >= 11 is 0. The zero-order chi connectivity index (χ0) is 15.7. The highest BCUT2D eigenvalue weighted by Gasteiger charge is 2.32. The summed E-state index contributed by atoms with van der Waals surface area (Å²) in [5.41, 5.74) is 7.66. The van der Waals surface area contributed by atoms with Crippen molar-refractivity contribution in [1.29, 1.82) is 0 Å². The summed E-state index contributed by atoms with van der Waals surface area (Å²) in [6.07, 6.45) is 0. The highest BCUT2D eigenvalue weighted by Crippen LogP contribution is 2.30. The van der Waals surface area contributed by atoms with E-state index in [0.29, 0.717) is 17.7 Å². The van der Waals surface area contributed by atoms with Crippen LogP contribution >= 0.6 is 0 Å². The first-order valence-corrected chi connectivity index (χ1v) is 7.74. The molecular formula is C17H23N3O2. The van der Waals surface area contributed by atoms with E-state index in [4.69, 9.17) is 10.5 Å². The van der Waals surface area contributed by atoms with Gasteiger partial charge in [-0.3, -0.25) is 9.69 Å². The number of carbonyl (C=O) groups excluding carboxylic acids is 1. The average molecular weight is 301 g/mol. The summed E-state index contributed by atoms with van der Waals surface area (Å²) in [6.45, 7) is 10.7. The fourth-order valence-electron chi connectivity index (χ4n) is 3.22. The van der Waals surface area contributed by atoms with Gasteiger partial charge in [-0.05, 0) is 13.0 Å². The van der Waals surface area contributed by atoms with Crippen molar-refractivity contribution in [2.24, 2.45) is 5.73 Å². The van der Waals surface area contributed by atoms with Gasteiger partial charge in [-0.1, -0.05) is 24.8 Å². The maximum absolute atomic E-state index is 11.5. The zero-order valence-electron chi connectivity index (χ0n) is 13.0. The van der Waals surface area contributed by atoms with Gasteiger partial charge in [-0.25, -0.2) is 0 Å². The van der Waals surface area contributed by atoms with Crippen molar-refractivity contribution in [3.05, 3.63) is 36.4 Å². The Labute approximate surface area is 131 Å². The summed E-state index contributed by atoms with van der Waals surface area (Å²) < 4.78 is 5.29. The smallest absolute Gasteiger partial charge is 0.248 e. The van der Waals surface area contributed by atoms with Crippen molar-refractivity contribution >= 4 is 17.2 Å². The number of para-hydroxylation sites is 1. The van der Waals surface area contributed by atoms with Crippen molar-refractivity contribution in [3.63, 3.8) is 0 Å². The number of benzene rings is 1. The number of hydrogen-bond acceptors (Lipinski definition) is 4. The molecule has 3 rings (SSSR count). The van der Waals surface area contributed by atoms with Gasteiger partial charge < -0.3 is 15.4 Å². The van der Waals surface area contributed by atoms with Gasteiger partial charge >= 0.3 is 0 Å². The Bertz CT molecular complexity index is 583. The van der Waals surface area contributed by atoms with E-state index < -0.39 is 5.91 Å². The molecule has 0 unspecified atom stereocenters. The van der Waals surface area contributed by atoms with E-state index in [1.165, 1.54) is 0 Å². The van der Waals surface area contributed by atoms with Crippen LogP contribution in [0, 0.1) is 0 Å². The van der Waals surface area contributed by atoms with Crippen molar-refractivity contribution in [3.8, 4) is 0 Å². The molecular weight excluding hydrogens is 278 g/mol. The molecule has 2 aliphatic heterocycles. The molecule has 2 aliphatic rings. The van der Waals surface area contributed by atoms with Gasteiger partial charge in [-0.15, -0.1) is 0 Å². The second kappa shape index (κ2) is 6.10. The lowest BCUT2D eigenvalue weighted by Gasteiger charge is -2.47. The number of hydrogen-bond donors (Lipinski definition) is 1.